The van der Waals surface area contributed by atoms with E-state index in [9.17, 15) is 42.6 Å². The summed E-state index contributed by atoms with van der Waals surface area (Å²) in [5.41, 5.74) is 0.844. The molecule has 0 saturated carbocycles. The summed E-state index contributed by atoms with van der Waals surface area (Å²) in [7, 11) is 0. The van der Waals surface area contributed by atoms with Crippen molar-refractivity contribution in [2.45, 2.75) is 97.3 Å². The molecule has 0 bridgehead atoms. The van der Waals surface area contributed by atoms with Crippen molar-refractivity contribution in [2.75, 3.05) is 19.6 Å². The van der Waals surface area contributed by atoms with E-state index in [1.165, 1.54) is 28.0 Å². The summed E-state index contributed by atoms with van der Waals surface area (Å²) >= 11 is 0. The molecule has 5 atom stereocenters. The first-order valence-electron chi connectivity index (χ1n) is 20.7. The van der Waals surface area contributed by atoms with E-state index in [1.807, 2.05) is 72.8 Å². The number of carboxylic acid groups (broad SMARTS) is 1. The van der Waals surface area contributed by atoms with Crippen LogP contribution in [-0.2, 0) is 28.7 Å². The number of carbonyl (C=O) groups is 4. The topological polar surface area (TPSA) is 164 Å². The molecule has 5 N–H and O–H groups in total. The maximum Gasteiger partial charge on any atom is 0.416 e. The molecule has 5 rings (SSSR count). The van der Waals surface area contributed by atoms with Crippen LogP contribution < -0.4 is 16.0 Å². The Morgan fingerprint density at radius 2 is 1.44 bits per heavy atom. The summed E-state index contributed by atoms with van der Waals surface area (Å²) in [5.74, 6) is -1.70. The second kappa shape index (κ2) is 19.8. The number of pyridine rings is 1. The van der Waals surface area contributed by atoms with Crippen molar-refractivity contribution < 1.29 is 42.6 Å². The van der Waals surface area contributed by atoms with Gasteiger partial charge in [-0.1, -0.05) is 120 Å². The maximum atomic E-state index is 14.8. The zero-order valence-corrected chi connectivity index (χ0v) is 35.9. The van der Waals surface area contributed by atoms with Gasteiger partial charge in [0.1, 0.15) is 12.1 Å². The molecule has 332 valence electrons. The summed E-state index contributed by atoms with van der Waals surface area (Å²) in [6.07, 6.45) is -5.24. The number of aliphatic hydroxyl groups excluding tert-OH is 1. The Bertz CT molecular complexity index is 2140. The molecule has 1 saturated heterocycles. The Morgan fingerprint density at radius 1 is 0.790 bits per heavy atom. The van der Waals surface area contributed by atoms with Crippen molar-refractivity contribution in [3.8, 4) is 11.3 Å². The van der Waals surface area contributed by atoms with E-state index >= 15 is 0 Å². The molecule has 62 heavy (non-hydrogen) atoms. The fraction of sp³-hybridized carbons (Fsp3) is 0.426. The third kappa shape index (κ3) is 12.1. The second-order valence-corrected chi connectivity index (χ2v) is 17.9. The van der Waals surface area contributed by atoms with Gasteiger partial charge in [-0.05, 0) is 58.6 Å². The number of nitrogens with zero attached hydrogens (tertiary/aromatic N) is 3. The van der Waals surface area contributed by atoms with Crippen molar-refractivity contribution in [2.24, 2.45) is 10.8 Å². The summed E-state index contributed by atoms with van der Waals surface area (Å²) in [4.78, 5) is 60.8. The SMILES string of the molecule is CC(C)(C)[C@H](NC(=O)O)C(=O)NCC[C@H](O)[C@@H](NC(=O)[C@@H](N1CCN(Cc2ccccc2C(F)(F)F)C1=O)C(C)(C)C)C(Cc1ccc(-c2ccccn2)cc1)c1ccccc1. The Morgan fingerprint density at radius 3 is 2.03 bits per heavy atom. The van der Waals surface area contributed by atoms with Crippen molar-refractivity contribution in [1.82, 2.24) is 30.7 Å². The summed E-state index contributed by atoms with van der Waals surface area (Å²) in [6.45, 7) is 10.3. The third-order valence-electron chi connectivity index (χ3n) is 11.1. The molecule has 1 aliphatic heterocycles. The van der Waals surface area contributed by atoms with Crippen LogP contribution in [0.15, 0.2) is 103 Å². The molecular formula is C47H57F3N6O6. The molecule has 0 aliphatic carbocycles. The minimum Gasteiger partial charge on any atom is -0.465 e. The molecule has 3 aromatic carbocycles. The number of aliphatic hydroxyl groups is 1. The highest BCUT2D eigenvalue weighted by molar-refractivity contribution is 5.89. The lowest BCUT2D eigenvalue weighted by atomic mass is 9.81. The largest absolute Gasteiger partial charge is 0.465 e. The van der Waals surface area contributed by atoms with Gasteiger partial charge >= 0.3 is 18.3 Å². The zero-order valence-electron chi connectivity index (χ0n) is 35.9. The summed E-state index contributed by atoms with van der Waals surface area (Å²) < 4.78 is 41.7. The van der Waals surface area contributed by atoms with Gasteiger partial charge in [0.2, 0.25) is 11.8 Å². The van der Waals surface area contributed by atoms with Gasteiger partial charge in [-0.3, -0.25) is 14.6 Å². The minimum atomic E-state index is -4.62. The summed E-state index contributed by atoms with van der Waals surface area (Å²) in [6, 6.07) is 24.1. The van der Waals surface area contributed by atoms with E-state index in [0.29, 0.717) is 6.42 Å². The van der Waals surface area contributed by atoms with Crippen molar-refractivity contribution in [1.29, 1.82) is 0 Å². The standard InChI is InChI=1S/C47H57F3N6O6/c1-45(2,3)39(54-43(60)61)41(58)52-25-23-37(57)38(34(31-14-8-7-9-15-31)28-30-19-21-32(22-20-30)36-18-12-13-24-51-36)53-42(59)40(46(4,5)6)56-27-26-55(44(56)62)29-33-16-10-11-17-35(33)47(48,49)50/h7-22,24,34,37-40,54,57H,23,25-29H2,1-6H3,(H,52,58)(H,53,59)(H,60,61)/t34?,37-,38-,39+,40+/m0/s1. The lowest BCUT2D eigenvalue weighted by Gasteiger charge is -2.39. The van der Waals surface area contributed by atoms with Gasteiger partial charge < -0.3 is 36.0 Å². The number of nitrogens with one attached hydrogen (secondary N) is 3. The molecule has 15 heteroatoms. The molecule has 0 radical (unpaired) electrons. The highest BCUT2D eigenvalue weighted by Crippen LogP contribution is 2.35. The van der Waals surface area contributed by atoms with Crippen molar-refractivity contribution in [3.63, 3.8) is 0 Å². The first-order valence-corrected chi connectivity index (χ1v) is 20.7. The number of halogens is 3. The Hall–Kier alpha value is -5.96. The quantitative estimate of drug-likeness (QED) is 0.0780. The van der Waals surface area contributed by atoms with Crippen LogP contribution in [-0.4, -0.2) is 92.8 Å². The van der Waals surface area contributed by atoms with Gasteiger partial charge in [-0.2, -0.15) is 13.2 Å². The summed E-state index contributed by atoms with van der Waals surface area (Å²) in [5, 5.41) is 29.7. The van der Waals surface area contributed by atoms with E-state index in [1.54, 1.807) is 47.7 Å². The van der Waals surface area contributed by atoms with Crippen LogP contribution in [0.2, 0.25) is 0 Å². The predicted molar refractivity (Wildman–Crippen MR) is 230 cm³/mol. The van der Waals surface area contributed by atoms with Crippen molar-refractivity contribution in [3.05, 3.63) is 126 Å². The van der Waals surface area contributed by atoms with Gasteiger partial charge in [-0.25, -0.2) is 9.59 Å². The number of hydrogen-bond donors (Lipinski definition) is 5. The second-order valence-electron chi connectivity index (χ2n) is 17.9. The molecule has 4 aromatic rings. The monoisotopic (exact) mass is 858 g/mol. The zero-order chi connectivity index (χ0) is 45.4. The van der Waals surface area contributed by atoms with Gasteiger partial charge in [0.15, 0.2) is 0 Å². The number of hydrogen-bond acceptors (Lipinski definition) is 6. The van der Waals surface area contributed by atoms with Crippen molar-refractivity contribution >= 4 is 23.9 Å². The van der Waals surface area contributed by atoms with Crippen LogP contribution >= 0.6 is 0 Å². The number of alkyl halides is 3. The van der Waals surface area contributed by atoms with E-state index in [-0.39, 0.29) is 38.2 Å². The van der Waals surface area contributed by atoms with E-state index in [4.69, 9.17) is 0 Å². The van der Waals surface area contributed by atoms with E-state index in [0.717, 1.165) is 28.5 Å². The molecule has 5 amide bonds. The first kappa shape index (κ1) is 47.1. The average molecular weight is 859 g/mol. The molecule has 12 nitrogen and oxygen atoms in total. The van der Waals surface area contributed by atoms with E-state index < -0.39 is 76.7 Å². The number of urea groups is 1. The van der Waals surface area contributed by atoms with Gasteiger partial charge in [0.25, 0.3) is 0 Å². The molecule has 1 fully saturated rings. The Kier molecular flexibility index (Phi) is 15.1. The fourth-order valence-corrected chi connectivity index (χ4v) is 8.01. The maximum absolute atomic E-state index is 14.8. The normalized spacial score (nSPS) is 15.9. The Balaban J connectivity index is 1.46. The van der Waals surface area contributed by atoms with Gasteiger partial charge in [0.05, 0.1) is 23.4 Å². The van der Waals surface area contributed by atoms with Crippen LogP contribution in [0.25, 0.3) is 11.3 Å². The van der Waals surface area contributed by atoms with Crippen LogP contribution in [0, 0.1) is 10.8 Å². The fourth-order valence-electron chi connectivity index (χ4n) is 8.01. The molecule has 1 aliphatic rings. The minimum absolute atomic E-state index is 0.0439. The molecule has 2 heterocycles. The number of carbonyl (C=O) groups excluding carboxylic acids is 3. The Labute approximate surface area is 360 Å². The molecule has 0 spiro atoms. The highest BCUT2D eigenvalue weighted by Gasteiger charge is 2.46. The smallest absolute Gasteiger partial charge is 0.416 e. The average Bonchev–Trinajstić information content (AvgIpc) is 3.55. The lowest BCUT2D eigenvalue weighted by Crippen LogP contribution is -2.59. The molecular weight excluding hydrogens is 802 g/mol. The van der Waals surface area contributed by atoms with Crippen LogP contribution in [0.4, 0.5) is 22.8 Å². The van der Waals surface area contributed by atoms with Crippen LogP contribution in [0.3, 0.4) is 0 Å². The molecule has 1 aromatic heterocycles. The van der Waals surface area contributed by atoms with Crippen LogP contribution in [0.5, 0.6) is 0 Å². The van der Waals surface area contributed by atoms with E-state index in [2.05, 4.69) is 20.9 Å². The first-order chi connectivity index (χ1) is 29.1. The number of benzene rings is 3. The predicted octanol–water partition coefficient (Wildman–Crippen LogP) is 7.48. The number of aromatic nitrogens is 1. The van der Waals surface area contributed by atoms with Gasteiger partial charge in [-0.15, -0.1) is 0 Å². The highest BCUT2D eigenvalue weighted by atomic mass is 19.4. The van der Waals surface area contributed by atoms with Crippen LogP contribution in [0.1, 0.15) is 76.1 Å². The number of rotatable bonds is 16. The number of amides is 5. The third-order valence-corrected chi connectivity index (χ3v) is 11.1. The van der Waals surface area contributed by atoms with Gasteiger partial charge in [0, 0.05) is 43.9 Å². The lowest BCUT2D eigenvalue weighted by molar-refractivity contribution is -0.138. The molecule has 1 unspecified atom stereocenters.